The average molecular weight is 649 g/mol. The molecule has 0 amide bonds. The van der Waals surface area contributed by atoms with Gasteiger partial charge in [-0.25, -0.2) is 0 Å². The maximum atomic E-state index is 6.87. The van der Waals surface area contributed by atoms with E-state index in [1.54, 1.807) is 5.57 Å². The standard InChI is InChI=1S/C42H64O5/c1-32(2)16-14-17-33(3)18-15-22-38(46-40-23-9-12-26-44-40)42-37-29-35(21-8-5-11-25-43-31-34-19-6-4-7-20-34)28-36(37)30-39(42)47-41-24-10-13-27-45-41/h4,6-7,16,19-20,22,28,33,36-37,39-42H,5,8-15,17-18,21,23-27,29-31H2,1-3H3/t33-,36-,37-,39+,40?,41?,42-/m1/s1. The van der Waals surface area contributed by atoms with Gasteiger partial charge in [0, 0.05) is 25.6 Å². The van der Waals surface area contributed by atoms with Crippen LogP contribution in [-0.2, 0) is 30.3 Å². The van der Waals surface area contributed by atoms with Crippen molar-refractivity contribution in [1.29, 1.82) is 0 Å². The van der Waals surface area contributed by atoms with Crippen LogP contribution in [0.4, 0.5) is 0 Å². The summed E-state index contributed by atoms with van der Waals surface area (Å²) in [5.74, 6) is 3.19. The van der Waals surface area contributed by atoms with Crippen LogP contribution in [-0.4, -0.2) is 38.5 Å². The number of unbranched alkanes of at least 4 members (excludes halogenated alkanes) is 2. The molecule has 3 fully saturated rings. The first kappa shape index (κ1) is 36.4. The second-order valence-electron chi connectivity index (χ2n) is 15.0. The van der Waals surface area contributed by atoms with E-state index >= 15 is 0 Å². The zero-order valence-corrected chi connectivity index (χ0v) is 29.8. The highest BCUT2D eigenvalue weighted by atomic mass is 16.7. The SMILES string of the molecule is CC(C)=CCC[C@@H](C)CCC=C(OC1CCCCO1)[C@H]1[C@@H]2CC(CCCCCOCc3ccccc3)=C[C@@H]2C[C@@H]1OC1CCCCO1. The van der Waals surface area contributed by atoms with E-state index in [0.717, 1.165) is 76.9 Å². The summed E-state index contributed by atoms with van der Waals surface area (Å²) in [5.41, 5.74) is 4.31. The molecule has 0 N–H and O–H groups in total. The first-order chi connectivity index (χ1) is 23.0. The van der Waals surface area contributed by atoms with E-state index in [2.05, 4.69) is 69.3 Å². The molecule has 4 aliphatic rings. The highest BCUT2D eigenvalue weighted by Crippen LogP contribution is 2.52. The van der Waals surface area contributed by atoms with Gasteiger partial charge in [-0.2, -0.15) is 0 Å². The van der Waals surface area contributed by atoms with Crippen molar-refractivity contribution in [1.82, 2.24) is 0 Å². The molecule has 5 nitrogen and oxygen atoms in total. The van der Waals surface area contributed by atoms with E-state index in [-0.39, 0.29) is 24.6 Å². The first-order valence-electron chi connectivity index (χ1n) is 19.2. The van der Waals surface area contributed by atoms with Gasteiger partial charge in [-0.15, -0.1) is 0 Å². The maximum absolute atomic E-state index is 6.87. The van der Waals surface area contributed by atoms with Gasteiger partial charge in [-0.1, -0.05) is 67.0 Å². The molecule has 2 heterocycles. The van der Waals surface area contributed by atoms with Crippen molar-refractivity contribution in [3.05, 3.63) is 71.0 Å². The monoisotopic (exact) mass is 648 g/mol. The van der Waals surface area contributed by atoms with E-state index in [1.807, 2.05) is 0 Å². The fourth-order valence-electron chi connectivity index (χ4n) is 8.04. The molecule has 47 heavy (non-hydrogen) atoms. The summed E-state index contributed by atoms with van der Waals surface area (Å²) in [7, 11) is 0. The summed E-state index contributed by atoms with van der Waals surface area (Å²) >= 11 is 0. The molecule has 2 aliphatic carbocycles. The molecule has 2 aliphatic heterocycles. The lowest BCUT2D eigenvalue weighted by Gasteiger charge is -2.34. The van der Waals surface area contributed by atoms with Gasteiger partial charge in [0.15, 0.2) is 12.6 Å². The summed E-state index contributed by atoms with van der Waals surface area (Å²) in [6, 6.07) is 10.5. The second kappa shape index (κ2) is 19.9. The van der Waals surface area contributed by atoms with Crippen LogP contribution in [0.1, 0.15) is 129 Å². The summed E-state index contributed by atoms with van der Waals surface area (Å²) in [6.45, 7) is 9.96. The molecule has 0 aromatic heterocycles. The Morgan fingerprint density at radius 3 is 2.36 bits per heavy atom. The first-order valence-corrected chi connectivity index (χ1v) is 19.2. The number of hydrogen-bond donors (Lipinski definition) is 0. The molecule has 5 rings (SSSR count). The Bertz CT molecular complexity index is 1110. The lowest BCUT2D eigenvalue weighted by Crippen LogP contribution is -2.34. The van der Waals surface area contributed by atoms with Crippen LogP contribution in [0.15, 0.2) is 65.5 Å². The molecule has 2 unspecified atom stereocenters. The molecular weight excluding hydrogens is 584 g/mol. The molecule has 1 aromatic rings. The van der Waals surface area contributed by atoms with Gasteiger partial charge < -0.3 is 23.7 Å². The van der Waals surface area contributed by atoms with Gasteiger partial charge >= 0.3 is 0 Å². The van der Waals surface area contributed by atoms with Crippen molar-refractivity contribution in [2.24, 2.45) is 23.7 Å². The Labute approximate surface area is 286 Å². The van der Waals surface area contributed by atoms with E-state index in [9.17, 15) is 0 Å². The molecule has 2 saturated heterocycles. The third kappa shape index (κ3) is 12.2. The van der Waals surface area contributed by atoms with Crippen LogP contribution < -0.4 is 0 Å². The minimum Gasteiger partial charge on any atom is -0.469 e. The Hall–Kier alpha value is -1.92. The van der Waals surface area contributed by atoms with Gasteiger partial charge in [0.1, 0.15) is 5.76 Å². The zero-order valence-electron chi connectivity index (χ0n) is 29.8. The number of fused-ring (bicyclic) bond motifs is 1. The number of benzene rings is 1. The summed E-state index contributed by atoms with van der Waals surface area (Å²) in [6.07, 6.45) is 25.6. The molecule has 0 bridgehead atoms. The lowest BCUT2D eigenvalue weighted by molar-refractivity contribution is -0.200. The van der Waals surface area contributed by atoms with Gasteiger partial charge in [-0.05, 0) is 133 Å². The molecule has 5 heteroatoms. The van der Waals surface area contributed by atoms with Gasteiger partial charge in [-0.3, -0.25) is 0 Å². The van der Waals surface area contributed by atoms with Crippen molar-refractivity contribution in [2.45, 2.75) is 149 Å². The van der Waals surface area contributed by atoms with Crippen LogP contribution in [0.25, 0.3) is 0 Å². The number of allylic oxidation sites excluding steroid dienone is 5. The van der Waals surface area contributed by atoms with Crippen LogP contribution >= 0.6 is 0 Å². The molecular formula is C42H64O5. The summed E-state index contributed by atoms with van der Waals surface area (Å²) in [4.78, 5) is 0. The van der Waals surface area contributed by atoms with Crippen molar-refractivity contribution in [3.63, 3.8) is 0 Å². The number of rotatable bonds is 19. The largest absolute Gasteiger partial charge is 0.469 e. The number of hydrogen-bond acceptors (Lipinski definition) is 5. The normalized spacial score (nSPS) is 28.5. The van der Waals surface area contributed by atoms with Crippen LogP contribution in [0.5, 0.6) is 0 Å². The third-order valence-corrected chi connectivity index (χ3v) is 10.7. The van der Waals surface area contributed by atoms with Gasteiger partial charge in [0.05, 0.1) is 19.3 Å². The third-order valence-electron chi connectivity index (χ3n) is 10.7. The topological polar surface area (TPSA) is 46.2 Å². The van der Waals surface area contributed by atoms with Crippen LogP contribution in [0.3, 0.4) is 0 Å². The zero-order chi connectivity index (χ0) is 32.7. The van der Waals surface area contributed by atoms with Crippen LogP contribution in [0, 0.1) is 23.7 Å². The lowest BCUT2D eigenvalue weighted by atomic mass is 9.86. The average Bonchev–Trinajstić information content (AvgIpc) is 3.62. The highest BCUT2D eigenvalue weighted by Gasteiger charge is 2.49. The molecule has 1 aromatic carbocycles. The molecule has 1 saturated carbocycles. The highest BCUT2D eigenvalue weighted by molar-refractivity contribution is 5.23. The molecule has 0 spiro atoms. The maximum Gasteiger partial charge on any atom is 0.199 e. The Morgan fingerprint density at radius 1 is 0.894 bits per heavy atom. The van der Waals surface area contributed by atoms with Gasteiger partial charge in [0.2, 0.25) is 0 Å². The molecule has 0 radical (unpaired) electrons. The van der Waals surface area contributed by atoms with Crippen molar-refractivity contribution < 1.29 is 23.7 Å². The predicted molar refractivity (Wildman–Crippen MR) is 191 cm³/mol. The smallest absolute Gasteiger partial charge is 0.199 e. The predicted octanol–water partition coefficient (Wildman–Crippen LogP) is 10.8. The Morgan fingerprint density at radius 2 is 1.64 bits per heavy atom. The Kier molecular flexibility index (Phi) is 15.4. The van der Waals surface area contributed by atoms with Crippen molar-refractivity contribution in [2.75, 3.05) is 19.8 Å². The van der Waals surface area contributed by atoms with Crippen molar-refractivity contribution >= 4 is 0 Å². The van der Waals surface area contributed by atoms with E-state index in [1.165, 1.54) is 62.5 Å². The number of ether oxygens (including phenoxy) is 5. The van der Waals surface area contributed by atoms with E-state index < -0.39 is 0 Å². The van der Waals surface area contributed by atoms with E-state index in [4.69, 9.17) is 23.7 Å². The molecule has 262 valence electrons. The minimum absolute atomic E-state index is 0.0788. The summed E-state index contributed by atoms with van der Waals surface area (Å²) in [5, 5.41) is 0. The Balaban J connectivity index is 1.19. The summed E-state index contributed by atoms with van der Waals surface area (Å²) < 4.78 is 31.9. The quantitative estimate of drug-likeness (QED) is 0.0848. The van der Waals surface area contributed by atoms with E-state index in [0.29, 0.717) is 24.4 Å². The minimum atomic E-state index is -0.131. The molecule has 7 atom stereocenters. The fraction of sp³-hybridized carbons (Fsp3) is 0.714. The second-order valence-corrected chi connectivity index (χ2v) is 15.0. The van der Waals surface area contributed by atoms with Crippen molar-refractivity contribution in [3.8, 4) is 0 Å². The van der Waals surface area contributed by atoms with Crippen LogP contribution in [0.2, 0.25) is 0 Å². The van der Waals surface area contributed by atoms with Gasteiger partial charge in [0.25, 0.3) is 0 Å². The fourth-order valence-corrected chi connectivity index (χ4v) is 8.04.